The molecule has 0 saturated heterocycles. The van der Waals surface area contributed by atoms with Gasteiger partial charge in [0.15, 0.2) is 5.69 Å². The smallest absolute Gasteiger partial charge is 0.356 e. The Morgan fingerprint density at radius 3 is 2.76 bits per heavy atom. The van der Waals surface area contributed by atoms with E-state index < -0.39 is 5.97 Å². The van der Waals surface area contributed by atoms with Gasteiger partial charge in [-0.05, 0) is 18.8 Å². The average molecular weight is 235 g/mol. The average Bonchev–Trinajstić information content (AvgIpc) is 3.13. The Balaban J connectivity index is 1.94. The lowest BCUT2D eigenvalue weighted by Gasteiger charge is -2.16. The summed E-state index contributed by atoms with van der Waals surface area (Å²) in [6, 6.07) is 0.410. The summed E-state index contributed by atoms with van der Waals surface area (Å²) in [5.74, 6) is 0.468. The third kappa shape index (κ3) is 3.41. The van der Waals surface area contributed by atoms with Gasteiger partial charge in [0.05, 0.1) is 12.4 Å². The lowest BCUT2D eigenvalue weighted by molar-refractivity contribution is 0.0690. The molecule has 17 heavy (non-hydrogen) atoms. The summed E-state index contributed by atoms with van der Waals surface area (Å²) in [5.41, 5.74) is -0.0224. The van der Waals surface area contributed by atoms with Crippen LogP contribution in [0.25, 0.3) is 0 Å². The van der Waals surface area contributed by atoms with E-state index >= 15 is 0 Å². The highest BCUT2D eigenvalue weighted by atomic mass is 16.4. The molecule has 1 aliphatic carbocycles. The Bertz CT molecular complexity index is 387. The Hall–Kier alpha value is -1.65. The van der Waals surface area contributed by atoms with E-state index in [1.807, 2.05) is 0 Å². The zero-order valence-electron chi connectivity index (χ0n) is 9.89. The number of aromatic nitrogens is 2. The molecule has 92 valence electrons. The van der Waals surface area contributed by atoms with Gasteiger partial charge in [-0.25, -0.2) is 14.8 Å². The van der Waals surface area contributed by atoms with Crippen LogP contribution in [0.4, 0.5) is 5.82 Å². The molecule has 1 fully saturated rings. The number of aromatic carboxylic acids is 1. The van der Waals surface area contributed by atoms with E-state index in [2.05, 4.69) is 22.2 Å². The molecule has 0 bridgehead atoms. The van der Waals surface area contributed by atoms with Gasteiger partial charge >= 0.3 is 5.97 Å². The van der Waals surface area contributed by atoms with Crippen LogP contribution in [0.2, 0.25) is 0 Å². The van der Waals surface area contributed by atoms with Crippen LogP contribution < -0.4 is 5.32 Å². The molecule has 5 heteroatoms. The van der Waals surface area contributed by atoms with Crippen molar-refractivity contribution in [1.29, 1.82) is 0 Å². The number of nitrogens with one attached hydrogen (secondary N) is 1. The second-order valence-corrected chi connectivity index (χ2v) is 4.52. The highest BCUT2D eigenvalue weighted by molar-refractivity contribution is 5.84. The first-order chi connectivity index (χ1) is 8.19. The summed E-state index contributed by atoms with van der Waals surface area (Å²) in [4.78, 5) is 18.5. The van der Waals surface area contributed by atoms with Crippen molar-refractivity contribution < 1.29 is 9.90 Å². The van der Waals surface area contributed by atoms with Gasteiger partial charge in [-0.2, -0.15) is 0 Å². The lowest BCUT2D eigenvalue weighted by Crippen LogP contribution is -2.20. The number of carboxylic acids is 1. The van der Waals surface area contributed by atoms with Gasteiger partial charge in [0.2, 0.25) is 0 Å². The predicted molar refractivity (Wildman–Crippen MR) is 64.0 cm³/mol. The van der Waals surface area contributed by atoms with Crippen molar-refractivity contribution in [2.75, 3.05) is 5.32 Å². The minimum absolute atomic E-state index is 0.0224. The Labute approximate surface area is 100 Å². The van der Waals surface area contributed by atoms with Crippen molar-refractivity contribution in [3.8, 4) is 0 Å². The molecule has 0 spiro atoms. The topological polar surface area (TPSA) is 75.1 Å². The van der Waals surface area contributed by atoms with E-state index in [1.165, 1.54) is 31.7 Å². The molecule has 2 rings (SSSR count). The molecule has 2 N–H and O–H groups in total. The van der Waals surface area contributed by atoms with Crippen LogP contribution in [0.5, 0.6) is 0 Å². The molecule has 1 aliphatic rings. The maximum absolute atomic E-state index is 10.6. The fraction of sp³-hybridized carbons (Fsp3) is 0.583. The molecule has 0 radical (unpaired) electrons. The number of carbonyl (C=O) groups is 1. The van der Waals surface area contributed by atoms with Crippen molar-refractivity contribution in [2.45, 2.75) is 38.6 Å². The molecule has 5 nitrogen and oxygen atoms in total. The summed E-state index contributed by atoms with van der Waals surface area (Å²) in [7, 11) is 0. The first-order valence-corrected chi connectivity index (χ1v) is 6.01. The third-order valence-electron chi connectivity index (χ3n) is 3.03. The van der Waals surface area contributed by atoms with Crippen LogP contribution in [-0.4, -0.2) is 27.1 Å². The van der Waals surface area contributed by atoms with Gasteiger partial charge in [0.1, 0.15) is 5.82 Å². The van der Waals surface area contributed by atoms with Gasteiger partial charge in [-0.15, -0.1) is 0 Å². The normalized spacial score (nSPS) is 16.5. The Kier molecular flexibility index (Phi) is 3.56. The molecule has 0 aliphatic heterocycles. The van der Waals surface area contributed by atoms with Gasteiger partial charge < -0.3 is 10.4 Å². The number of hydrogen-bond acceptors (Lipinski definition) is 4. The van der Waals surface area contributed by atoms with Crippen molar-refractivity contribution in [3.05, 3.63) is 18.1 Å². The van der Waals surface area contributed by atoms with Crippen molar-refractivity contribution in [3.63, 3.8) is 0 Å². The number of rotatable bonds is 6. The Morgan fingerprint density at radius 2 is 2.29 bits per heavy atom. The summed E-state index contributed by atoms with van der Waals surface area (Å²) in [6.45, 7) is 2.14. The van der Waals surface area contributed by atoms with Gasteiger partial charge in [-0.1, -0.05) is 19.8 Å². The van der Waals surface area contributed by atoms with Crippen molar-refractivity contribution in [1.82, 2.24) is 9.97 Å². The fourth-order valence-electron chi connectivity index (χ4n) is 1.81. The SMILES string of the molecule is CCC(CC1CC1)Nc1cnc(C(=O)O)cn1. The summed E-state index contributed by atoms with van der Waals surface area (Å²) in [5, 5.41) is 12.0. The molecule has 1 heterocycles. The summed E-state index contributed by atoms with van der Waals surface area (Å²) < 4.78 is 0. The minimum Gasteiger partial charge on any atom is -0.476 e. The first-order valence-electron chi connectivity index (χ1n) is 6.01. The van der Waals surface area contributed by atoms with E-state index in [0.29, 0.717) is 11.9 Å². The van der Waals surface area contributed by atoms with Crippen LogP contribution in [0.15, 0.2) is 12.4 Å². The van der Waals surface area contributed by atoms with E-state index in [0.717, 1.165) is 12.3 Å². The van der Waals surface area contributed by atoms with Gasteiger partial charge in [0.25, 0.3) is 0 Å². The largest absolute Gasteiger partial charge is 0.476 e. The van der Waals surface area contributed by atoms with Crippen molar-refractivity contribution >= 4 is 11.8 Å². The second kappa shape index (κ2) is 5.12. The molecule has 1 unspecified atom stereocenters. The molecule has 1 atom stereocenters. The summed E-state index contributed by atoms with van der Waals surface area (Å²) in [6.07, 6.45) is 7.65. The van der Waals surface area contributed by atoms with Crippen LogP contribution in [-0.2, 0) is 0 Å². The number of anilines is 1. The molecule has 1 aromatic rings. The number of carboxylic acid groups (broad SMARTS) is 1. The van der Waals surface area contributed by atoms with Crippen LogP contribution in [0, 0.1) is 5.92 Å². The quantitative estimate of drug-likeness (QED) is 0.790. The summed E-state index contributed by atoms with van der Waals surface area (Å²) >= 11 is 0. The highest BCUT2D eigenvalue weighted by Gasteiger charge is 2.24. The van der Waals surface area contributed by atoms with E-state index in [1.54, 1.807) is 0 Å². The zero-order chi connectivity index (χ0) is 12.3. The molecular weight excluding hydrogens is 218 g/mol. The standard InChI is InChI=1S/C12H17N3O2/c1-2-9(5-8-3-4-8)15-11-7-13-10(6-14-11)12(16)17/h6-9H,2-5H2,1H3,(H,14,15)(H,16,17). The lowest BCUT2D eigenvalue weighted by atomic mass is 10.1. The number of hydrogen-bond donors (Lipinski definition) is 2. The van der Waals surface area contributed by atoms with Crippen LogP contribution >= 0.6 is 0 Å². The zero-order valence-corrected chi connectivity index (χ0v) is 9.89. The monoisotopic (exact) mass is 235 g/mol. The number of nitrogens with zero attached hydrogens (tertiary/aromatic N) is 2. The van der Waals surface area contributed by atoms with Gasteiger partial charge in [0, 0.05) is 6.04 Å². The fourth-order valence-corrected chi connectivity index (χ4v) is 1.81. The van der Waals surface area contributed by atoms with Gasteiger partial charge in [-0.3, -0.25) is 0 Å². The van der Waals surface area contributed by atoms with E-state index in [4.69, 9.17) is 5.11 Å². The molecule has 1 saturated carbocycles. The molecule has 1 aromatic heterocycles. The third-order valence-corrected chi connectivity index (χ3v) is 3.03. The van der Waals surface area contributed by atoms with E-state index in [-0.39, 0.29) is 5.69 Å². The van der Waals surface area contributed by atoms with Crippen LogP contribution in [0.3, 0.4) is 0 Å². The molecule has 0 amide bonds. The maximum Gasteiger partial charge on any atom is 0.356 e. The van der Waals surface area contributed by atoms with Crippen LogP contribution in [0.1, 0.15) is 43.1 Å². The molecule has 0 aromatic carbocycles. The predicted octanol–water partition coefficient (Wildman–Crippen LogP) is 2.17. The Morgan fingerprint density at radius 1 is 1.53 bits per heavy atom. The molecular formula is C12H17N3O2. The highest BCUT2D eigenvalue weighted by Crippen LogP contribution is 2.34. The first kappa shape index (κ1) is 11.8. The van der Waals surface area contributed by atoms with Crippen molar-refractivity contribution in [2.24, 2.45) is 5.92 Å². The van der Waals surface area contributed by atoms with E-state index in [9.17, 15) is 4.79 Å². The second-order valence-electron chi connectivity index (χ2n) is 4.52. The minimum atomic E-state index is -1.05. The maximum atomic E-state index is 10.6.